The van der Waals surface area contributed by atoms with Gasteiger partial charge in [0.05, 0.1) is 22.3 Å². The number of nitrogens with zero attached hydrogens (tertiary/aromatic N) is 2. The second-order valence-electron chi connectivity index (χ2n) is 6.42. The van der Waals surface area contributed by atoms with E-state index in [1.807, 2.05) is 20.0 Å². The topological polar surface area (TPSA) is 90.0 Å². The lowest BCUT2D eigenvalue weighted by Gasteiger charge is -2.12. The number of hydrogen-bond acceptors (Lipinski definition) is 4. The first-order valence-electron chi connectivity index (χ1n) is 8.75. The van der Waals surface area contributed by atoms with E-state index >= 15 is 0 Å². The highest BCUT2D eigenvalue weighted by atomic mass is 79.9. The monoisotopic (exact) mass is 440 g/mol. The number of anilines is 1. The van der Waals surface area contributed by atoms with Crippen molar-refractivity contribution in [1.29, 1.82) is 0 Å². The van der Waals surface area contributed by atoms with Crippen LogP contribution in [0.15, 0.2) is 16.9 Å². The van der Waals surface area contributed by atoms with E-state index in [0.29, 0.717) is 10.6 Å². The van der Waals surface area contributed by atoms with Crippen LogP contribution in [0.2, 0.25) is 0 Å². The van der Waals surface area contributed by atoms with Gasteiger partial charge in [-0.15, -0.1) is 11.3 Å². The highest BCUT2D eigenvalue weighted by Crippen LogP contribution is 2.34. The summed E-state index contributed by atoms with van der Waals surface area (Å²) in [6.45, 7) is 5.97. The Kier molecular flexibility index (Phi) is 7.40. The Morgan fingerprint density at radius 3 is 2.73 bits per heavy atom. The second kappa shape index (κ2) is 9.32. The van der Waals surface area contributed by atoms with Crippen LogP contribution >= 0.6 is 27.3 Å². The van der Waals surface area contributed by atoms with Crippen LogP contribution < -0.4 is 11.1 Å². The molecule has 2 amide bonds. The van der Waals surface area contributed by atoms with E-state index in [0.717, 1.165) is 40.6 Å². The minimum absolute atomic E-state index is 0.0941. The van der Waals surface area contributed by atoms with Gasteiger partial charge in [-0.25, -0.2) is 0 Å². The standard InChI is InChI=1S/C18H25BrN4O2S/c1-4-5-6-7-14-12(3)16(17(20)25)18(26-14)22-15(24)8-11(2)23-10-13(19)9-21-23/h9-11H,4-8H2,1-3H3,(H2,20,25)(H,22,24). The van der Waals surface area contributed by atoms with Crippen LogP contribution in [-0.4, -0.2) is 21.6 Å². The Hall–Kier alpha value is -1.67. The molecule has 2 rings (SSSR count). The van der Waals surface area contributed by atoms with Gasteiger partial charge in [-0.2, -0.15) is 5.10 Å². The summed E-state index contributed by atoms with van der Waals surface area (Å²) in [5, 5.41) is 7.63. The van der Waals surface area contributed by atoms with E-state index in [9.17, 15) is 9.59 Å². The molecule has 0 spiro atoms. The van der Waals surface area contributed by atoms with Gasteiger partial charge in [-0.3, -0.25) is 14.3 Å². The number of hydrogen-bond donors (Lipinski definition) is 2. The minimum Gasteiger partial charge on any atom is -0.365 e. The average molecular weight is 441 g/mol. The zero-order chi connectivity index (χ0) is 19.3. The third-order valence-corrected chi connectivity index (χ3v) is 5.93. The largest absolute Gasteiger partial charge is 0.365 e. The van der Waals surface area contributed by atoms with E-state index in [4.69, 9.17) is 5.73 Å². The molecule has 0 aliphatic heterocycles. The average Bonchev–Trinajstić information content (AvgIpc) is 3.11. The number of nitrogens with two attached hydrogens (primary N) is 1. The van der Waals surface area contributed by atoms with Crippen LogP contribution in [0.5, 0.6) is 0 Å². The van der Waals surface area contributed by atoms with Gasteiger partial charge >= 0.3 is 0 Å². The smallest absolute Gasteiger partial charge is 0.251 e. The molecule has 0 aliphatic rings. The first kappa shape index (κ1) is 20.6. The normalized spacial score (nSPS) is 12.2. The minimum atomic E-state index is -0.500. The van der Waals surface area contributed by atoms with Gasteiger partial charge in [-0.05, 0) is 48.2 Å². The highest BCUT2D eigenvalue weighted by molar-refractivity contribution is 9.10. The summed E-state index contributed by atoms with van der Waals surface area (Å²) in [6.07, 6.45) is 8.01. The molecule has 1 unspecified atom stereocenters. The van der Waals surface area contributed by atoms with Crippen LogP contribution in [-0.2, 0) is 11.2 Å². The molecule has 0 saturated carbocycles. The number of aromatic nitrogens is 2. The molecule has 0 saturated heterocycles. The predicted octanol–water partition coefficient (Wildman–Crippen LogP) is 4.44. The van der Waals surface area contributed by atoms with E-state index in [1.54, 1.807) is 10.9 Å². The SMILES string of the molecule is CCCCCc1sc(NC(=O)CC(C)n2cc(Br)cn2)c(C(N)=O)c1C. The van der Waals surface area contributed by atoms with E-state index < -0.39 is 5.91 Å². The maximum absolute atomic E-state index is 12.4. The quantitative estimate of drug-likeness (QED) is 0.564. The second-order valence-corrected chi connectivity index (χ2v) is 8.44. The van der Waals surface area contributed by atoms with Gasteiger partial charge in [0.2, 0.25) is 5.91 Å². The summed E-state index contributed by atoms with van der Waals surface area (Å²) in [6, 6.07) is -0.0941. The maximum atomic E-state index is 12.4. The third kappa shape index (κ3) is 5.17. The number of unbranched alkanes of at least 4 members (excludes halogenated alkanes) is 2. The lowest BCUT2D eigenvalue weighted by molar-refractivity contribution is -0.116. The summed E-state index contributed by atoms with van der Waals surface area (Å²) >= 11 is 4.81. The van der Waals surface area contributed by atoms with Crippen molar-refractivity contribution in [2.45, 2.75) is 58.9 Å². The van der Waals surface area contributed by atoms with Gasteiger partial charge in [-0.1, -0.05) is 19.8 Å². The molecular weight excluding hydrogens is 416 g/mol. The van der Waals surface area contributed by atoms with Crippen molar-refractivity contribution in [3.8, 4) is 0 Å². The van der Waals surface area contributed by atoms with Crippen molar-refractivity contribution in [2.24, 2.45) is 5.73 Å². The molecule has 8 heteroatoms. The lowest BCUT2D eigenvalue weighted by atomic mass is 10.1. The number of carbonyl (C=O) groups is 2. The van der Waals surface area contributed by atoms with Crippen molar-refractivity contribution >= 4 is 44.1 Å². The maximum Gasteiger partial charge on any atom is 0.251 e. The molecule has 0 aliphatic carbocycles. The molecule has 1 atom stereocenters. The molecule has 142 valence electrons. The number of rotatable bonds is 9. The number of primary amides is 1. The third-order valence-electron chi connectivity index (χ3n) is 4.25. The van der Waals surface area contributed by atoms with Gasteiger partial charge in [0.1, 0.15) is 5.00 Å². The molecule has 0 aromatic carbocycles. The zero-order valence-corrected chi connectivity index (χ0v) is 17.7. The van der Waals surface area contributed by atoms with Gasteiger partial charge in [0.25, 0.3) is 5.91 Å². The Morgan fingerprint density at radius 1 is 1.42 bits per heavy atom. The van der Waals surface area contributed by atoms with Crippen molar-refractivity contribution in [2.75, 3.05) is 5.32 Å². The highest BCUT2D eigenvalue weighted by Gasteiger charge is 2.21. The predicted molar refractivity (Wildman–Crippen MR) is 109 cm³/mol. The Balaban J connectivity index is 2.10. The number of thiophene rings is 1. The molecule has 0 bridgehead atoms. The molecular formula is C18H25BrN4O2S. The molecule has 6 nitrogen and oxygen atoms in total. The summed E-state index contributed by atoms with van der Waals surface area (Å²) < 4.78 is 2.60. The molecule has 26 heavy (non-hydrogen) atoms. The van der Waals surface area contributed by atoms with Crippen molar-refractivity contribution in [3.05, 3.63) is 32.9 Å². The van der Waals surface area contributed by atoms with Crippen LogP contribution in [0.25, 0.3) is 0 Å². The van der Waals surface area contributed by atoms with Gasteiger partial charge in [0.15, 0.2) is 0 Å². The van der Waals surface area contributed by atoms with Crippen molar-refractivity contribution in [1.82, 2.24) is 9.78 Å². The first-order valence-corrected chi connectivity index (χ1v) is 10.4. The summed E-state index contributed by atoms with van der Waals surface area (Å²) in [4.78, 5) is 25.4. The van der Waals surface area contributed by atoms with E-state index in [-0.39, 0.29) is 18.4 Å². The number of aryl methyl sites for hydroxylation is 1. The Bertz CT molecular complexity index is 784. The molecule has 0 radical (unpaired) electrons. The summed E-state index contributed by atoms with van der Waals surface area (Å²) in [5.41, 5.74) is 6.87. The fourth-order valence-electron chi connectivity index (χ4n) is 2.81. The van der Waals surface area contributed by atoms with Crippen LogP contribution in [0, 0.1) is 6.92 Å². The van der Waals surface area contributed by atoms with Gasteiger partial charge in [0, 0.05) is 17.5 Å². The number of halogens is 1. The molecule has 3 N–H and O–H groups in total. The molecule has 2 aromatic heterocycles. The lowest BCUT2D eigenvalue weighted by Crippen LogP contribution is -2.20. The van der Waals surface area contributed by atoms with Crippen LogP contribution in [0.1, 0.15) is 66.4 Å². The molecule has 2 aromatic rings. The Labute approximate surface area is 166 Å². The van der Waals surface area contributed by atoms with Crippen molar-refractivity contribution in [3.63, 3.8) is 0 Å². The van der Waals surface area contributed by atoms with Gasteiger partial charge < -0.3 is 11.1 Å². The fourth-order valence-corrected chi connectivity index (χ4v) is 4.38. The number of amides is 2. The van der Waals surface area contributed by atoms with E-state index in [1.165, 1.54) is 11.3 Å². The number of nitrogens with one attached hydrogen (secondary N) is 1. The number of carbonyl (C=O) groups excluding carboxylic acids is 2. The van der Waals surface area contributed by atoms with E-state index in [2.05, 4.69) is 33.3 Å². The molecule has 2 heterocycles. The molecule has 0 fully saturated rings. The zero-order valence-electron chi connectivity index (χ0n) is 15.3. The van der Waals surface area contributed by atoms with Crippen molar-refractivity contribution < 1.29 is 9.59 Å². The van der Waals surface area contributed by atoms with Crippen LogP contribution in [0.3, 0.4) is 0 Å². The summed E-state index contributed by atoms with van der Waals surface area (Å²) in [7, 11) is 0. The summed E-state index contributed by atoms with van der Waals surface area (Å²) in [5.74, 6) is -0.659. The van der Waals surface area contributed by atoms with Crippen LogP contribution in [0.4, 0.5) is 5.00 Å². The fraction of sp³-hybridized carbons (Fsp3) is 0.500. The Morgan fingerprint density at radius 2 is 2.15 bits per heavy atom. The first-order chi connectivity index (χ1) is 12.3.